The molecule has 0 saturated carbocycles. The van der Waals surface area contributed by atoms with E-state index in [0.717, 1.165) is 31.6 Å². The Morgan fingerprint density at radius 2 is 1.90 bits per heavy atom. The Bertz CT molecular complexity index is 1020. The summed E-state index contributed by atoms with van der Waals surface area (Å²) in [6, 6.07) is 11.4. The van der Waals surface area contributed by atoms with Gasteiger partial charge in [-0.2, -0.15) is 0 Å². The second-order valence-corrected chi connectivity index (χ2v) is 10.2. The average Bonchev–Trinajstić information content (AvgIpc) is 3.11. The van der Waals surface area contributed by atoms with E-state index in [9.17, 15) is 8.42 Å². The fraction of sp³-hybridized carbons (Fsp3) is 0.455. The number of hydrogen-bond acceptors (Lipinski definition) is 5. The van der Waals surface area contributed by atoms with Crippen LogP contribution in [-0.4, -0.2) is 59.8 Å². The van der Waals surface area contributed by atoms with Gasteiger partial charge in [-0.3, -0.25) is 4.90 Å². The Morgan fingerprint density at radius 1 is 1.13 bits per heavy atom. The SMILES string of the molecule is Cc1ccc(Cl)cc1S(=O)(=O)NC[C@H](c1ccc2c(c1)CCN2C)N1CCOCC1. The van der Waals surface area contributed by atoms with E-state index < -0.39 is 10.0 Å². The molecule has 1 saturated heterocycles. The minimum atomic E-state index is -3.68. The molecule has 0 spiro atoms. The quantitative estimate of drug-likeness (QED) is 0.734. The van der Waals surface area contributed by atoms with E-state index in [4.69, 9.17) is 16.3 Å². The summed E-state index contributed by atoms with van der Waals surface area (Å²) in [5, 5.41) is 0.411. The lowest BCUT2D eigenvalue weighted by atomic mass is 10.0. The zero-order valence-electron chi connectivity index (χ0n) is 17.4. The van der Waals surface area contributed by atoms with Gasteiger partial charge in [0.25, 0.3) is 0 Å². The Balaban J connectivity index is 1.60. The number of sulfonamides is 1. The van der Waals surface area contributed by atoms with E-state index in [-0.39, 0.29) is 10.9 Å². The van der Waals surface area contributed by atoms with Crippen LogP contribution in [0.3, 0.4) is 0 Å². The highest BCUT2D eigenvalue weighted by Crippen LogP contribution is 2.31. The summed E-state index contributed by atoms with van der Waals surface area (Å²) in [5.41, 5.74) is 4.39. The van der Waals surface area contributed by atoms with Gasteiger partial charge in [-0.25, -0.2) is 13.1 Å². The van der Waals surface area contributed by atoms with Crippen LogP contribution in [0, 0.1) is 6.92 Å². The highest BCUT2D eigenvalue weighted by atomic mass is 35.5. The van der Waals surface area contributed by atoms with Gasteiger partial charge < -0.3 is 9.64 Å². The van der Waals surface area contributed by atoms with E-state index in [2.05, 4.69) is 39.8 Å². The van der Waals surface area contributed by atoms with Crippen molar-refractivity contribution in [2.24, 2.45) is 0 Å². The van der Waals surface area contributed by atoms with Gasteiger partial charge in [0.15, 0.2) is 0 Å². The number of fused-ring (bicyclic) bond motifs is 1. The largest absolute Gasteiger partial charge is 0.379 e. The smallest absolute Gasteiger partial charge is 0.240 e. The van der Waals surface area contributed by atoms with Crippen LogP contribution in [0.15, 0.2) is 41.3 Å². The van der Waals surface area contributed by atoms with Crippen LogP contribution in [-0.2, 0) is 21.2 Å². The molecule has 0 amide bonds. The summed E-state index contributed by atoms with van der Waals surface area (Å²) in [4.78, 5) is 4.79. The number of nitrogens with zero attached hydrogens (tertiary/aromatic N) is 2. The molecule has 30 heavy (non-hydrogen) atoms. The molecule has 0 bridgehead atoms. The maximum atomic E-state index is 13.0. The molecule has 0 unspecified atom stereocenters. The molecule has 1 atom stereocenters. The first-order chi connectivity index (χ1) is 14.3. The summed E-state index contributed by atoms with van der Waals surface area (Å²) in [5.74, 6) is 0. The molecule has 6 nitrogen and oxygen atoms in total. The molecule has 0 radical (unpaired) electrons. The minimum Gasteiger partial charge on any atom is -0.379 e. The van der Waals surface area contributed by atoms with Gasteiger partial charge in [-0.05, 0) is 48.2 Å². The van der Waals surface area contributed by atoms with Gasteiger partial charge >= 0.3 is 0 Å². The van der Waals surface area contributed by atoms with Gasteiger partial charge in [-0.15, -0.1) is 0 Å². The highest BCUT2D eigenvalue weighted by molar-refractivity contribution is 7.89. The van der Waals surface area contributed by atoms with Gasteiger partial charge in [0.2, 0.25) is 10.0 Å². The van der Waals surface area contributed by atoms with Crippen LogP contribution >= 0.6 is 11.6 Å². The minimum absolute atomic E-state index is 0.0561. The Morgan fingerprint density at radius 3 is 2.67 bits per heavy atom. The van der Waals surface area contributed by atoms with Crippen molar-refractivity contribution in [3.63, 3.8) is 0 Å². The summed E-state index contributed by atoms with van der Waals surface area (Å²) < 4.78 is 34.4. The molecular formula is C22H28ClN3O3S. The van der Waals surface area contributed by atoms with E-state index in [1.54, 1.807) is 19.1 Å². The lowest BCUT2D eigenvalue weighted by Gasteiger charge is -2.35. The third kappa shape index (κ3) is 4.50. The molecule has 2 aromatic carbocycles. The van der Waals surface area contributed by atoms with Crippen LogP contribution in [0.5, 0.6) is 0 Å². The third-order valence-corrected chi connectivity index (χ3v) is 7.81. The number of ether oxygens (including phenoxy) is 1. The Labute approximate surface area is 183 Å². The van der Waals surface area contributed by atoms with Gasteiger partial charge in [-0.1, -0.05) is 29.8 Å². The lowest BCUT2D eigenvalue weighted by molar-refractivity contribution is 0.0172. The maximum Gasteiger partial charge on any atom is 0.240 e. The normalized spacial score (nSPS) is 18.4. The molecule has 8 heteroatoms. The van der Waals surface area contributed by atoms with Crippen molar-refractivity contribution in [2.45, 2.75) is 24.3 Å². The van der Waals surface area contributed by atoms with Crippen LogP contribution in [0.2, 0.25) is 5.02 Å². The molecular weight excluding hydrogens is 422 g/mol. The maximum absolute atomic E-state index is 13.0. The standard InChI is InChI=1S/C22H28ClN3O3S/c1-16-3-5-19(23)14-22(16)30(27,28)24-15-21(26-9-11-29-12-10-26)17-4-6-20-18(13-17)7-8-25(20)2/h3-6,13-14,21,24H,7-12,15H2,1-2H3/t21-/m1/s1. The predicted octanol–water partition coefficient (Wildman–Crippen LogP) is 2.99. The molecule has 1 fully saturated rings. The molecule has 1 N–H and O–H groups in total. The first kappa shape index (κ1) is 21.6. The van der Waals surface area contributed by atoms with Crippen molar-refractivity contribution < 1.29 is 13.2 Å². The molecule has 0 aliphatic carbocycles. The third-order valence-electron chi connectivity index (χ3n) is 6.01. The fourth-order valence-electron chi connectivity index (χ4n) is 4.27. The molecule has 4 rings (SSSR count). The van der Waals surface area contributed by atoms with Crippen molar-refractivity contribution in [1.29, 1.82) is 0 Å². The number of likely N-dealkylation sites (N-methyl/N-ethyl adjacent to an activating group) is 1. The second-order valence-electron chi connectivity index (χ2n) is 7.99. The van der Waals surface area contributed by atoms with Crippen LogP contribution < -0.4 is 9.62 Å². The van der Waals surface area contributed by atoms with Crippen molar-refractivity contribution in [3.8, 4) is 0 Å². The van der Waals surface area contributed by atoms with E-state index in [1.807, 2.05) is 0 Å². The number of anilines is 1. The monoisotopic (exact) mass is 449 g/mol. The molecule has 2 heterocycles. The molecule has 0 aromatic heterocycles. The van der Waals surface area contributed by atoms with Crippen LogP contribution in [0.4, 0.5) is 5.69 Å². The number of morpholine rings is 1. The first-order valence-corrected chi connectivity index (χ1v) is 12.1. The van der Waals surface area contributed by atoms with Crippen molar-refractivity contribution in [1.82, 2.24) is 9.62 Å². The molecule has 2 aliphatic rings. The number of benzene rings is 2. The first-order valence-electron chi connectivity index (χ1n) is 10.3. The number of rotatable bonds is 6. The van der Waals surface area contributed by atoms with E-state index in [0.29, 0.717) is 30.3 Å². The van der Waals surface area contributed by atoms with Crippen molar-refractivity contribution in [3.05, 3.63) is 58.1 Å². The van der Waals surface area contributed by atoms with Crippen molar-refractivity contribution in [2.75, 3.05) is 51.3 Å². The Kier molecular flexibility index (Phi) is 6.36. The van der Waals surface area contributed by atoms with E-state index >= 15 is 0 Å². The second kappa shape index (κ2) is 8.85. The number of aryl methyl sites for hydroxylation is 1. The molecule has 2 aliphatic heterocycles. The number of nitrogens with one attached hydrogen (secondary N) is 1. The summed E-state index contributed by atoms with van der Waals surface area (Å²) in [6.07, 6.45) is 1.02. The van der Waals surface area contributed by atoms with Gasteiger partial charge in [0, 0.05) is 50.0 Å². The topological polar surface area (TPSA) is 61.9 Å². The van der Waals surface area contributed by atoms with E-state index in [1.165, 1.54) is 17.3 Å². The lowest BCUT2D eigenvalue weighted by Crippen LogP contribution is -2.43. The van der Waals surface area contributed by atoms with Gasteiger partial charge in [0.05, 0.1) is 18.1 Å². The zero-order valence-corrected chi connectivity index (χ0v) is 19.0. The van der Waals surface area contributed by atoms with Crippen molar-refractivity contribution >= 4 is 27.3 Å². The Hall–Kier alpha value is -1.64. The number of hydrogen-bond donors (Lipinski definition) is 1. The molecule has 2 aromatic rings. The van der Waals surface area contributed by atoms with Crippen LogP contribution in [0.25, 0.3) is 0 Å². The highest BCUT2D eigenvalue weighted by Gasteiger charge is 2.27. The zero-order chi connectivity index (χ0) is 21.3. The summed E-state index contributed by atoms with van der Waals surface area (Å²) in [6.45, 7) is 5.96. The van der Waals surface area contributed by atoms with Crippen LogP contribution in [0.1, 0.15) is 22.7 Å². The summed E-state index contributed by atoms with van der Waals surface area (Å²) >= 11 is 6.05. The summed E-state index contributed by atoms with van der Waals surface area (Å²) in [7, 11) is -1.57. The number of halogens is 1. The molecule has 162 valence electrons. The van der Waals surface area contributed by atoms with Gasteiger partial charge in [0.1, 0.15) is 0 Å². The fourth-order valence-corrected chi connectivity index (χ4v) is 5.81. The predicted molar refractivity (Wildman–Crippen MR) is 120 cm³/mol. The average molecular weight is 450 g/mol.